The molecule has 0 fully saturated rings. The number of ether oxygens (including phenoxy) is 8. The Kier molecular flexibility index (Phi) is 21.8. The van der Waals surface area contributed by atoms with E-state index in [1.54, 1.807) is 20.8 Å². The average Bonchev–Trinajstić information content (AvgIpc) is 3.22. The summed E-state index contributed by atoms with van der Waals surface area (Å²) < 4.78 is 84.0. The van der Waals surface area contributed by atoms with E-state index in [2.05, 4.69) is 31.2 Å². The van der Waals surface area contributed by atoms with Gasteiger partial charge in [0.1, 0.15) is 12.2 Å². The maximum absolute atomic E-state index is 13.7. The van der Waals surface area contributed by atoms with Crippen molar-refractivity contribution in [2.45, 2.75) is 58.0 Å². The lowest BCUT2D eigenvalue weighted by Gasteiger charge is -2.24. The van der Waals surface area contributed by atoms with Crippen molar-refractivity contribution in [3.05, 3.63) is 52.1 Å². The molecule has 3 aromatic rings. The summed E-state index contributed by atoms with van der Waals surface area (Å²) in [6.45, 7) is 8.36. The quantitative estimate of drug-likeness (QED) is 0.0534. The van der Waals surface area contributed by atoms with Crippen molar-refractivity contribution in [1.82, 2.24) is 25.3 Å². The number of nitrogens with zero attached hydrogens (tertiary/aromatic N) is 4. The van der Waals surface area contributed by atoms with E-state index in [1.165, 1.54) is 0 Å². The Bertz CT molecular complexity index is 2020. The molecule has 63 heavy (non-hydrogen) atoms. The zero-order valence-corrected chi connectivity index (χ0v) is 35.2. The molecule has 0 saturated carbocycles. The van der Waals surface area contributed by atoms with Gasteiger partial charge in [0, 0.05) is 25.1 Å². The molecule has 3 rings (SSSR count). The minimum absolute atomic E-state index is 0.141. The first kappa shape index (κ1) is 51.6. The molecule has 2 amide bonds. The number of nitrogen functional groups attached to an aromatic ring is 1. The molecule has 1 atom stereocenters. The van der Waals surface area contributed by atoms with Crippen LogP contribution in [-0.2, 0) is 58.8 Å². The van der Waals surface area contributed by atoms with Gasteiger partial charge in [-0.05, 0) is 45.0 Å². The summed E-state index contributed by atoms with van der Waals surface area (Å²) in [5.74, 6) is -2.63. The van der Waals surface area contributed by atoms with Crippen LogP contribution in [0.25, 0.3) is 11.2 Å². The number of nitrogens with one attached hydrogen (secondary N) is 2. The molecule has 0 aliphatic heterocycles. The van der Waals surface area contributed by atoms with Crippen molar-refractivity contribution in [1.29, 1.82) is 0 Å². The number of anilines is 2. The number of esters is 2. The number of carbonyl (C=O) groups excluding carboxylic acids is 4. The van der Waals surface area contributed by atoms with E-state index in [0.717, 1.165) is 30.5 Å². The molecule has 0 spiro atoms. The lowest BCUT2D eigenvalue weighted by atomic mass is 10.1. The number of aromatic amines is 1. The Labute approximate surface area is 360 Å². The number of carbonyl (C=O) groups is 4. The average molecular weight is 896 g/mol. The van der Waals surface area contributed by atoms with E-state index in [1.807, 2.05) is 0 Å². The fourth-order valence-corrected chi connectivity index (χ4v) is 5.05. The molecule has 1 aromatic carbocycles. The highest BCUT2D eigenvalue weighted by molar-refractivity contribution is 5.98. The molecule has 20 nitrogen and oxygen atoms in total. The number of terminal acetylenes is 1. The standard InChI is InChI=1S/C40H52F3N7O13/c1-5-13-56-15-17-58-19-21-60-23-24-61-22-20-59-18-16-57-14-12-45-31(51)11-10-30(36(54)63-39(2,3)4)62-35(53)27-6-8-29(9-7-27)50(37(55)40(41,42)43)26-28-25-46-33-32(47-28)34(52)49-38(44)48-33/h1,6-9,25,30H,10-24,26H2,2-4H3,(H,45,51)(H3,44,46,48,49,52)/t30-/m1/s1. The number of amides is 2. The van der Waals surface area contributed by atoms with Gasteiger partial charge in [-0.3, -0.25) is 24.3 Å². The molecule has 0 aliphatic carbocycles. The largest absolute Gasteiger partial charge is 0.471 e. The zero-order valence-electron chi connectivity index (χ0n) is 35.2. The maximum Gasteiger partial charge on any atom is 0.471 e. The number of rotatable bonds is 28. The van der Waals surface area contributed by atoms with Gasteiger partial charge in [0.15, 0.2) is 17.3 Å². The van der Waals surface area contributed by atoms with Gasteiger partial charge < -0.3 is 48.9 Å². The number of benzene rings is 1. The van der Waals surface area contributed by atoms with Crippen LogP contribution in [0, 0.1) is 12.3 Å². The fourth-order valence-electron chi connectivity index (χ4n) is 5.05. The summed E-state index contributed by atoms with van der Waals surface area (Å²) in [5, 5.41) is 2.64. The minimum atomic E-state index is -5.32. The smallest absolute Gasteiger partial charge is 0.457 e. The van der Waals surface area contributed by atoms with Gasteiger partial charge in [0.05, 0.1) is 96.7 Å². The highest BCUT2D eigenvalue weighted by Gasteiger charge is 2.43. The fraction of sp³-hybridized carbons (Fsp3) is 0.550. The van der Waals surface area contributed by atoms with Crippen molar-refractivity contribution in [3.63, 3.8) is 0 Å². The number of halogens is 3. The maximum atomic E-state index is 13.7. The van der Waals surface area contributed by atoms with E-state index >= 15 is 0 Å². The molecule has 2 heterocycles. The molecule has 2 aromatic heterocycles. The first-order valence-corrected chi connectivity index (χ1v) is 19.6. The summed E-state index contributed by atoms with van der Waals surface area (Å²) in [7, 11) is 0. The van der Waals surface area contributed by atoms with E-state index in [9.17, 15) is 37.1 Å². The third-order valence-corrected chi connectivity index (χ3v) is 7.88. The van der Waals surface area contributed by atoms with Crippen LogP contribution < -0.4 is 21.5 Å². The SMILES string of the molecule is C#CCOCCOCCOCCOCCOCCOCCNC(=O)CC[C@@H](OC(=O)c1ccc(N(Cc2cnc3nc(N)[nH]c(=O)c3n2)C(=O)C(F)(F)F)cc1)C(=O)OC(C)(C)C. The number of alkyl halides is 3. The van der Waals surface area contributed by atoms with E-state index in [-0.39, 0.29) is 73.3 Å². The Morgan fingerprint density at radius 1 is 0.857 bits per heavy atom. The molecular weight excluding hydrogens is 843 g/mol. The number of nitrogens with two attached hydrogens (primary N) is 1. The Morgan fingerprint density at radius 2 is 1.41 bits per heavy atom. The molecule has 4 N–H and O–H groups in total. The van der Waals surface area contributed by atoms with Crippen LogP contribution in [0.15, 0.2) is 35.3 Å². The lowest BCUT2D eigenvalue weighted by molar-refractivity contribution is -0.170. The topological polar surface area (TPSA) is 255 Å². The second kappa shape index (κ2) is 26.6. The van der Waals surface area contributed by atoms with Crippen molar-refractivity contribution in [3.8, 4) is 12.3 Å². The number of fused-ring (bicyclic) bond motifs is 1. The van der Waals surface area contributed by atoms with Crippen LogP contribution in [0.4, 0.5) is 24.8 Å². The van der Waals surface area contributed by atoms with Crippen LogP contribution in [0.3, 0.4) is 0 Å². The first-order valence-electron chi connectivity index (χ1n) is 19.6. The number of hydrogen-bond acceptors (Lipinski definition) is 17. The van der Waals surface area contributed by atoms with Gasteiger partial charge >= 0.3 is 24.0 Å². The zero-order chi connectivity index (χ0) is 46.3. The molecule has 0 saturated heterocycles. The monoisotopic (exact) mass is 895 g/mol. The summed E-state index contributed by atoms with van der Waals surface area (Å²) in [4.78, 5) is 77.8. The number of aromatic nitrogens is 4. The number of H-pyrrole nitrogens is 1. The van der Waals surface area contributed by atoms with Crippen LogP contribution in [0.1, 0.15) is 49.7 Å². The number of hydrogen-bond donors (Lipinski definition) is 3. The Hall–Kier alpha value is -5.77. The summed E-state index contributed by atoms with van der Waals surface area (Å²) in [6, 6.07) is 4.25. The van der Waals surface area contributed by atoms with E-state index < -0.39 is 53.7 Å². The molecule has 0 bridgehead atoms. The lowest BCUT2D eigenvalue weighted by Crippen LogP contribution is -2.41. The third kappa shape index (κ3) is 19.9. The normalized spacial score (nSPS) is 12.1. The Morgan fingerprint density at radius 3 is 1.95 bits per heavy atom. The van der Waals surface area contributed by atoms with Crippen molar-refractivity contribution in [2.24, 2.45) is 0 Å². The van der Waals surface area contributed by atoms with Gasteiger partial charge in [0.25, 0.3) is 5.56 Å². The molecule has 346 valence electrons. The second-order valence-electron chi connectivity index (χ2n) is 14.1. The second-order valence-corrected chi connectivity index (χ2v) is 14.1. The molecular formula is C40H52F3N7O13. The minimum Gasteiger partial charge on any atom is -0.457 e. The van der Waals surface area contributed by atoms with Crippen molar-refractivity contribution < 1.29 is 70.2 Å². The van der Waals surface area contributed by atoms with Gasteiger partial charge in [-0.2, -0.15) is 18.2 Å². The Balaban J connectivity index is 1.43. The van der Waals surface area contributed by atoms with Crippen molar-refractivity contribution in [2.75, 3.05) is 96.5 Å². The van der Waals surface area contributed by atoms with E-state index in [0.29, 0.717) is 64.4 Å². The highest BCUT2D eigenvalue weighted by Crippen LogP contribution is 2.26. The summed E-state index contributed by atoms with van der Waals surface area (Å²) >= 11 is 0. The molecule has 0 radical (unpaired) electrons. The first-order chi connectivity index (χ1) is 30.0. The summed E-state index contributed by atoms with van der Waals surface area (Å²) in [6.07, 6.45) is -1.26. The van der Waals surface area contributed by atoms with E-state index in [4.69, 9.17) is 50.1 Å². The van der Waals surface area contributed by atoms with Crippen LogP contribution >= 0.6 is 0 Å². The summed E-state index contributed by atoms with van der Waals surface area (Å²) in [5.41, 5.74) is 2.53. The molecule has 23 heteroatoms. The van der Waals surface area contributed by atoms with Crippen LogP contribution in [-0.4, -0.2) is 147 Å². The van der Waals surface area contributed by atoms with Gasteiger partial charge in [-0.25, -0.2) is 19.6 Å². The van der Waals surface area contributed by atoms with Crippen LogP contribution in [0.5, 0.6) is 0 Å². The third-order valence-electron chi connectivity index (χ3n) is 7.88. The van der Waals surface area contributed by atoms with Crippen LogP contribution in [0.2, 0.25) is 0 Å². The highest BCUT2D eigenvalue weighted by atomic mass is 19.4. The van der Waals surface area contributed by atoms with Gasteiger partial charge in [-0.15, -0.1) is 6.42 Å². The molecule has 0 aliphatic rings. The van der Waals surface area contributed by atoms with Gasteiger partial charge in [-0.1, -0.05) is 5.92 Å². The predicted molar refractivity (Wildman–Crippen MR) is 217 cm³/mol. The van der Waals surface area contributed by atoms with Gasteiger partial charge in [0.2, 0.25) is 11.9 Å². The van der Waals surface area contributed by atoms with Crippen molar-refractivity contribution >= 4 is 46.6 Å². The predicted octanol–water partition coefficient (Wildman–Crippen LogP) is 1.89. The molecule has 0 unspecified atom stereocenters.